The van der Waals surface area contributed by atoms with Crippen LogP contribution in [0.3, 0.4) is 0 Å². The van der Waals surface area contributed by atoms with Gasteiger partial charge in [0.15, 0.2) is 33.9 Å². The maximum Gasteiger partial charge on any atom is 0.231 e. The van der Waals surface area contributed by atoms with Gasteiger partial charge in [0.2, 0.25) is 77.1 Å². The normalized spacial score (nSPS) is 15.0. The first-order valence-corrected chi connectivity index (χ1v) is 47.5. The van der Waals surface area contributed by atoms with Crippen molar-refractivity contribution in [2.75, 3.05) is 59.8 Å². The number of methoxy groups -OCH3 is 3. The summed E-state index contributed by atoms with van der Waals surface area (Å²) in [6.07, 6.45) is 19.6. The van der Waals surface area contributed by atoms with E-state index in [0.717, 1.165) is 132 Å². The molecule has 0 radical (unpaired) electrons. The molecule has 5 saturated carbocycles. The highest BCUT2D eigenvalue weighted by Crippen LogP contribution is 2.43. The lowest BCUT2D eigenvalue weighted by Gasteiger charge is -2.29. The molecule has 13 aromatic rings. The van der Waals surface area contributed by atoms with Crippen LogP contribution in [0.25, 0.3) is 67.0 Å². The number of hydrogen-bond donors (Lipinski definition) is 7. The monoisotopic (exact) mass is 1910 g/mol. The van der Waals surface area contributed by atoms with Gasteiger partial charge in [0.05, 0.1) is 55.6 Å². The Morgan fingerprint density at radius 1 is 0.441 bits per heavy atom. The molecule has 5 aliphatic rings. The van der Waals surface area contributed by atoms with E-state index in [4.69, 9.17) is 37.4 Å². The summed E-state index contributed by atoms with van der Waals surface area (Å²) < 4.78 is 54.5. The molecule has 5 fully saturated rings. The zero-order valence-corrected chi connectivity index (χ0v) is 82.1. The molecule has 12 aromatic heterocycles. The Morgan fingerprint density at radius 3 is 1.23 bits per heavy atom. The van der Waals surface area contributed by atoms with Gasteiger partial charge in [-0.2, -0.15) is 9.37 Å². The smallest absolute Gasteiger partial charge is 0.231 e. The Morgan fingerprint density at radius 2 is 0.816 bits per heavy atom. The molecule has 0 saturated heterocycles. The molecule has 1 aromatic carbocycles. The van der Waals surface area contributed by atoms with Crippen molar-refractivity contribution in [2.24, 2.45) is 17.8 Å². The van der Waals surface area contributed by atoms with Crippen molar-refractivity contribution < 1.29 is 56.9 Å². The van der Waals surface area contributed by atoms with Gasteiger partial charge in [-0.15, -0.1) is 0 Å². The molecule has 34 nitrogen and oxygen atoms in total. The number of aliphatic hydroxyl groups is 1. The summed E-state index contributed by atoms with van der Waals surface area (Å²) in [6, 6.07) is 27.6. The summed E-state index contributed by atoms with van der Waals surface area (Å²) in [4.78, 5) is 127. The Hall–Kier alpha value is -12.0. The zero-order valence-electron chi connectivity index (χ0n) is 80.6. The standard InChI is InChI=1S/C18H18ClFN4O2.C17H24N4O2.C16H21ClN4O.C16H21FN4O2.C16H22N4O2.C15H20N4O/c1-11-7-12(9-13(20)8-11)10-16(25)23-18-21-14-3-4-15(19)22-17(14)24(18)5-6-26-2;1-11-8-9-13-15(18-11)21(12-6-5-7-12)16(19-13)20-14(22)10-17(2,3)23-4;1-9(2)10(3)15(22)20-16-18-12-7-8-13(17)19-14(12)21(16)11-5-4-6-11;1-16(2,23-3)9-13(22)20-15-18-11-7-8-12(17)19-14(11)21(15)10-5-4-6-10;1-10-7-8-12-14(17-10)20(11-5-4-6-11)15(18-12)19-13(21)9-16(2,3)22;1-10(2)9-13(20)18-15-17-12-7-4-8-16-14(12)19(15)11-5-3-6-11/h3-4,7-9H,5-6,10H2,1-2H3,(H,21,23,25);8-9,12H,5-7,10H2,1-4H3,(H,19,20,22);7-11H,4-6H2,1-3H3,(H,18,20,22);7-8,10H,4-6,9H2,1-3H3,(H,18,20,22);7-8,11,22H,4-6,9H2,1-3H3,(H,18,19,21);4,7-8,10-11H,3,5-6,9H2,1-2H3,(H,17,18,20)/t;;10-;;;/m..0.../s1. The fourth-order valence-electron chi connectivity index (χ4n) is 16.0. The van der Waals surface area contributed by atoms with Gasteiger partial charge in [0.1, 0.15) is 49.2 Å². The molecule has 0 bridgehead atoms. The quantitative estimate of drug-likeness (QED) is 0.0224. The Kier molecular flexibility index (Phi) is 33.2. The minimum atomic E-state index is -1.04. The summed E-state index contributed by atoms with van der Waals surface area (Å²) in [5.74, 6) is 2.02. The Bertz CT molecular complexity index is 6300. The second-order valence-electron chi connectivity index (χ2n) is 38.3. The van der Waals surface area contributed by atoms with Crippen molar-refractivity contribution in [2.45, 2.75) is 279 Å². The van der Waals surface area contributed by atoms with Crippen LogP contribution in [0.1, 0.15) is 251 Å². The fraction of sp³-hybridized carbons (Fsp3) is 0.510. The molecule has 6 amide bonds. The highest BCUT2D eigenvalue weighted by atomic mass is 35.5. The molecule has 1 atom stereocenters. The van der Waals surface area contributed by atoms with Gasteiger partial charge in [-0.05, 0) is 267 Å². The molecule has 5 aliphatic carbocycles. The number of benzene rings is 1. The average Bonchev–Trinajstić information content (AvgIpc) is 1.63. The molecule has 0 spiro atoms. The number of aromatic nitrogens is 18. The summed E-state index contributed by atoms with van der Waals surface area (Å²) in [6.45, 7) is 27.4. The summed E-state index contributed by atoms with van der Waals surface area (Å²) in [5.41, 5.74) is 9.94. The van der Waals surface area contributed by atoms with Gasteiger partial charge in [-0.1, -0.05) is 63.9 Å². The zero-order chi connectivity index (χ0) is 97.8. The Balaban J connectivity index is 0.000000138. The number of carbonyl (C=O) groups is 6. The largest absolute Gasteiger partial charge is 0.390 e. The lowest BCUT2D eigenvalue weighted by molar-refractivity contribution is -0.122. The molecule has 136 heavy (non-hydrogen) atoms. The molecular formula is C98H126Cl2F2N24O10. The molecule has 7 N–H and O–H groups in total. The number of aryl methyl sites for hydroxylation is 3. The third-order valence-electron chi connectivity index (χ3n) is 24.9. The number of amides is 6. The number of ether oxygens (including phenoxy) is 3. The van der Waals surface area contributed by atoms with E-state index in [0.29, 0.717) is 124 Å². The van der Waals surface area contributed by atoms with Crippen molar-refractivity contribution in [1.82, 2.24) is 87.2 Å². The van der Waals surface area contributed by atoms with Crippen molar-refractivity contribution in [3.05, 3.63) is 142 Å². The van der Waals surface area contributed by atoms with E-state index in [1.54, 1.807) is 83.2 Å². The van der Waals surface area contributed by atoms with E-state index >= 15 is 0 Å². The van der Waals surface area contributed by atoms with Gasteiger partial charge in [0, 0.05) is 81.5 Å². The molecule has 0 aliphatic heterocycles. The number of imidazole rings is 6. The first-order valence-electron chi connectivity index (χ1n) is 46.7. The van der Waals surface area contributed by atoms with Gasteiger partial charge in [0.25, 0.3) is 0 Å². The van der Waals surface area contributed by atoms with E-state index in [2.05, 4.69) is 101 Å². The molecule has 18 rings (SSSR count). The number of anilines is 6. The van der Waals surface area contributed by atoms with Crippen LogP contribution >= 0.6 is 23.2 Å². The maximum absolute atomic E-state index is 13.5. The van der Waals surface area contributed by atoms with E-state index in [1.807, 2.05) is 132 Å². The van der Waals surface area contributed by atoms with Crippen LogP contribution < -0.4 is 31.9 Å². The van der Waals surface area contributed by atoms with Crippen molar-refractivity contribution in [3.8, 4) is 0 Å². The van der Waals surface area contributed by atoms with Crippen molar-refractivity contribution in [3.63, 3.8) is 0 Å². The molecule has 12 heterocycles. The predicted octanol–water partition coefficient (Wildman–Crippen LogP) is 19.4. The van der Waals surface area contributed by atoms with E-state index < -0.39 is 22.8 Å². The predicted molar refractivity (Wildman–Crippen MR) is 523 cm³/mol. The number of rotatable bonds is 28. The first kappa shape index (κ1) is 101. The van der Waals surface area contributed by atoms with E-state index in [1.165, 1.54) is 43.9 Å². The van der Waals surface area contributed by atoms with Crippen molar-refractivity contribution >= 4 is 161 Å². The van der Waals surface area contributed by atoms with Crippen LogP contribution in [0.4, 0.5) is 44.5 Å². The van der Waals surface area contributed by atoms with Crippen LogP contribution in [0.5, 0.6) is 0 Å². The SMILES string of the molecule is CC(C)CC(=O)Nc1nc2cccnc2n1C1CCC1.CC(C)[C@H](C)C(=O)Nc1nc2ccc(Cl)nc2n1C1CCC1.COC(C)(C)CC(=O)Nc1nc2ccc(C)nc2n1C1CCC1.COC(C)(C)CC(=O)Nc1nc2ccc(F)nc2n1C1CCC1.COCCn1c(NC(=O)Cc2cc(C)cc(F)c2)nc2ccc(Cl)nc21.Cc1ccc2nc(NC(=O)CC(C)(C)O)n(C3CCC3)c2n1. The number of nitrogens with one attached hydrogen (secondary N) is 6. The van der Waals surface area contributed by atoms with E-state index in [-0.39, 0.29) is 84.8 Å². The average molecular weight is 1910 g/mol. The van der Waals surface area contributed by atoms with Crippen LogP contribution in [-0.4, -0.2) is 172 Å². The number of carbonyl (C=O) groups excluding carboxylic acids is 6. The molecule has 38 heteroatoms. The summed E-state index contributed by atoms with van der Waals surface area (Å²) in [7, 11) is 4.78. The highest BCUT2D eigenvalue weighted by molar-refractivity contribution is 6.30. The van der Waals surface area contributed by atoms with Crippen LogP contribution in [0.15, 0.2) is 97.2 Å². The van der Waals surface area contributed by atoms with Crippen LogP contribution in [-0.2, 0) is 55.9 Å². The highest BCUT2D eigenvalue weighted by Gasteiger charge is 2.35. The minimum Gasteiger partial charge on any atom is -0.390 e. The third kappa shape index (κ3) is 25.8. The van der Waals surface area contributed by atoms with Gasteiger partial charge in [-0.3, -0.25) is 88.1 Å². The summed E-state index contributed by atoms with van der Waals surface area (Å²) >= 11 is 12.0. The van der Waals surface area contributed by atoms with E-state index in [9.17, 15) is 42.7 Å². The molecule has 726 valence electrons. The second kappa shape index (κ2) is 44.5. The van der Waals surface area contributed by atoms with Gasteiger partial charge in [-0.25, -0.2) is 59.2 Å². The molecular weight excluding hydrogens is 1780 g/mol. The maximum atomic E-state index is 13.5. The first-order chi connectivity index (χ1) is 64.7. The fourth-order valence-corrected chi connectivity index (χ4v) is 16.3. The van der Waals surface area contributed by atoms with Crippen molar-refractivity contribution in [1.29, 1.82) is 0 Å². The minimum absolute atomic E-state index is 0.00280. The Labute approximate surface area is 799 Å². The lowest BCUT2D eigenvalue weighted by atomic mass is 9.93. The van der Waals surface area contributed by atoms with Gasteiger partial charge < -0.3 is 19.3 Å². The third-order valence-corrected chi connectivity index (χ3v) is 25.3. The number of nitrogens with zero attached hydrogens (tertiary/aromatic N) is 18. The lowest BCUT2D eigenvalue weighted by Crippen LogP contribution is -2.30. The van der Waals surface area contributed by atoms with Gasteiger partial charge >= 0.3 is 0 Å². The molecule has 0 unspecified atom stereocenters. The summed E-state index contributed by atoms with van der Waals surface area (Å²) in [5, 5.41) is 27.9. The number of pyridine rings is 6. The van der Waals surface area contributed by atoms with Crippen LogP contribution in [0.2, 0.25) is 10.3 Å². The number of hydrogen-bond acceptors (Lipinski definition) is 22. The topological polar surface area (TPSA) is 407 Å². The van der Waals surface area contributed by atoms with Crippen LogP contribution in [0, 0.1) is 50.3 Å². The number of halogens is 4. The second-order valence-corrected chi connectivity index (χ2v) is 39.1. The number of fused-ring (bicyclic) bond motifs is 6.